The van der Waals surface area contributed by atoms with Crippen molar-refractivity contribution in [3.05, 3.63) is 11.6 Å². The Morgan fingerprint density at radius 1 is 1.45 bits per heavy atom. The zero-order chi connectivity index (χ0) is 8.70. The van der Waals surface area contributed by atoms with Crippen LogP contribution in [0, 0.1) is 0 Å². The Bertz CT molecular complexity index is 282. The molecule has 11 heavy (non-hydrogen) atoms. The molecule has 0 heterocycles. The third-order valence-electron chi connectivity index (χ3n) is 1.86. The standard InChI is InChI=1S/C7H13NO2S/c1-6(2)5-7(3-4-7)11(8,9)10/h5H,3-4H2,1-2H3,(H2,8,9,10). The number of rotatable bonds is 2. The summed E-state index contributed by atoms with van der Waals surface area (Å²) in [5.74, 6) is 0. The van der Waals surface area contributed by atoms with Crippen LogP contribution in [0.1, 0.15) is 26.7 Å². The molecule has 0 amide bonds. The van der Waals surface area contributed by atoms with Gasteiger partial charge in [-0.2, -0.15) is 0 Å². The maximum Gasteiger partial charge on any atom is 0.218 e. The number of sulfonamides is 1. The van der Waals surface area contributed by atoms with Crippen molar-refractivity contribution in [3.8, 4) is 0 Å². The Labute approximate surface area is 67.3 Å². The summed E-state index contributed by atoms with van der Waals surface area (Å²) in [6.07, 6.45) is 3.11. The molecule has 0 aromatic heterocycles. The van der Waals surface area contributed by atoms with E-state index in [1.165, 1.54) is 0 Å². The van der Waals surface area contributed by atoms with Gasteiger partial charge in [0.1, 0.15) is 4.75 Å². The quantitative estimate of drug-likeness (QED) is 0.630. The zero-order valence-corrected chi connectivity index (χ0v) is 7.61. The Kier molecular flexibility index (Phi) is 1.84. The van der Waals surface area contributed by atoms with Gasteiger partial charge in [0.25, 0.3) is 0 Å². The summed E-state index contributed by atoms with van der Waals surface area (Å²) < 4.78 is 21.3. The Morgan fingerprint density at radius 2 is 1.91 bits per heavy atom. The van der Waals surface area contributed by atoms with Crippen molar-refractivity contribution < 1.29 is 8.42 Å². The van der Waals surface area contributed by atoms with E-state index >= 15 is 0 Å². The average Bonchev–Trinajstić information content (AvgIpc) is 2.42. The maximum absolute atomic E-state index is 11.0. The molecule has 0 bridgehead atoms. The van der Waals surface area contributed by atoms with Crippen molar-refractivity contribution >= 4 is 10.0 Å². The van der Waals surface area contributed by atoms with Crippen molar-refractivity contribution in [3.63, 3.8) is 0 Å². The van der Waals surface area contributed by atoms with Gasteiger partial charge in [-0.15, -0.1) is 0 Å². The van der Waals surface area contributed by atoms with E-state index in [-0.39, 0.29) is 0 Å². The van der Waals surface area contributed by atoms with Gasteiger partial charge in [-0.3, -0.25) is 0 Å². The average molecular weight is 175 g/mol. The lowest BCUT2D eigenvalue weighted by Gasteiger charge is -2.06. The van der Waals surface area contributed by atoms with E-state index in [0.29, 0.717) is 12.8 Å². The molecule has 1 aliphatic carbocycles. The van der Waals surface area contributed by atoms with E-state index < -0.39 is 14.8 Å². The van der Waals surface area contributed by atoms with Gasteiger partial charge < -0.3 is 0 Å². The molecule has 0 unspecified atom stereocenters. The van der Waals surface area contributed by atoms with Crippen LogP contribution in [-0.2, 0) is 10.0 Å². The molecule has 4 heteroatoms. The van der Waals surface area contributed by atoms with Gasteiger partial charge in [0.15, 0.2) is 0 Å². The summed E-state index contributed by atoms with van der Waals surface area (Å²) in [5, 5.41) is 5.05. The number of primary sulfonamides is 1. The molecule has 1 rings (SSSR count). The Balaban J connectivity index is 2.95. The van der Waals surface area contributed by atoms with Crippen LogP contribution in [0.15, 0.2) is 11.6 Å². The summed E-state index contributed by atoms with van der Waals surface area (Å²) in [6, 6.07) is 0. The molecule has 1 saturated carbocycles. The fourth-order valence-electron chi connectivity index (χ4n) is 1.16. The van der Waals surface area contributed by atoms with Crippen LogP contribution < -0.4 is 5.14 Å². The fraction of sp³-hybridized carbons (Fsp3) is 0.714. The highest BCUT2D eigenvalue weighted by molar-refractivity contribution is 7.91. The minimum atomic E-state index is -3.36. The van der Waals surface area contributed by atoms with Crippen LogP contribution in [0.25, 0.3) is 0 Å². The van der Waals surface area contributed by atoms with Crippen molar-refractivity contribution in [2.24, 2.45) is 5.14 Å². The lowest BCUT2D eigenvalue weighted by Crippen LogP contribution is -2.28. The molecule has 0 atom stereocenters. The molecule has 64 valence electrons. The summed E-state index contributed by atoms with van der Waals surface area (Å²) in [5.41, 5.74) is 1.01. The van der Waals surface area contributed by atoms with Gasteiger partial charge >= 0.3 is 0 Å². The first-order valence-electron chi connectivity index (χ1n) is 3.56. The molecule has 0 aromatic carbocycles. The molecule has 0 spiro atoms. The van der Waals surface area contributed by atoms with Gasteiger partial charge in [0.05, 0.1) is 0 Å². The predicted octanol–water partition coefficient (Wildman–Crippen LogP) is 0.774. The highest BCUT2D eigenvalue weighted by Gasteiger charge is 2.50. The fourth-order valence-corrected chi connectivity index (χ4v) is 2.23. The summed E-state index contributed by atoms with van der Waals surface area (Å²) in [6.45, 7) is 3.76. The second-order valence-electron chi connectivity index (χ2n) is 3.33. The molecule has 0 aromatic rings. The van der Waals surface area contributed by atoms with Crippen LogP contribution in [0.3, 0.4) is 0 Å². The lowest BCUT2D eigenvalue weighted by atomic mass is 10.2. The largest absolute Gasteiger partial charge is 0.228 e. The number of hydrogen-bond acceptors (Lipinski definition) is 2. The molecule has 2 N–H and O–H groups in total. The number of nitrogens with two attached hydrogens (primary N) is 1. The third-order valence-corrected chi connectivity index (χ3v) is 3.52. The first kappa shape index (κ1) is 8.74. The molecule has 1 fully saturated rings. The van der Waals surface area contributed by atoms with Crippen LogP contribution in [0.2, 0.25) is 0 Å². The molecule has 0 saturated heterocycles. The van der Waals surface area contributed by atoms with Gasteiger partial charge in [-0.1, -0.05) is 11.6 Å². The number of hydrogen-bond donors (Lipinski definition) is 1. The summed E-state index contributed by atoms with van der Waals surface area (Å²) >= 11 is 0. The predicted molar refractivity (Wildman–Crippen MR) is 44.5 cm³/mol. The minimum Gasteiger partial charge on any atom is -0.228 e. The van der Waals surface area contributed by atoms with Crippen LogP contribution >= 0.6 is 0 Å². The lowest BCUT2D eigenvalue weighted by molar-refractivity contribution is 0.588. The van der Waals surface area contributed by atoms with Gasteiger partial charge in [-0.25, -0.2) is 13.6 Å². The van der Waals surface area contributed by atoms with Gasteiger partial charge in [0.2, 0.25) is 10.0 Å². The van der Waals surface area contributed by atoms with E-state index in [1.807, 2.05) is 13.8 Å². The van der Waals surface area contributed by atoms with Gasteiger partial charge in [0, 0.05) is 0 Å². The number of allylic oxidation sites excluding steroid dienone is 1. The van der Waals surface area contributed by atoms with Crippen LogP contribution in [-0.4, -0.2) is 13.2 Å². The first-order chi connectivity index (χ1) is 4.87. The van der Waals surface area contributed by atoms with E-state index in [0.717, 1.165) is 5.57 Å². The summed E-state index contributed by atoms with van der Waals surface area (Å²) in [7, 11) is -3.36. The van der Waals surface area contributed by atoms with Crippen molar-refractivity contribution in [2.75, 3.05) is 0 Å². The Hall–Kier alpha value is -0.350. The van der Waals surface area contributed by atoms with E-state index in [1.54, 1.807) is 6.08 Å². The highest BCUT2D eigenvalue weighted by atomic mass is 32.2. The first-order valence-corrected chi connectivity index (χ1v) is 5.10. The monoisotopic (exact) mass is 175 g/mol. The second kappa shape index (κ2) is 2.32. The van der Waals surface area contributed by atoms with Crippen LogP contribution in [0.4, 0.5) is 0 Å². The topological polar surface area (TPSA) is 60.2 Å². The van der Waals surface area contributed by atoms with Crippen molar-refractivity contribution in [2.45, 2.75) is 31.4 Å². The highest BCUT2D eigenvalue weighted by Crippen LogP contribution is 2.43. The summed E-state index contributed by atoms with van der Waals surface area (Å²) in [4.78, 5) is 0. The molecule has 1 aliphatic rings. The van der Waals surface area contributed by atoms with E-state index in [2.05, 4.69) is 0 Å². The second-order valence-corrected chi connectivity index (χ2v) is 5.23. The van der Waals surface area contributed by atoms with Crippen LogP contribution in [0.5, 0.6) is 0 Å². The van der Waals surface area contributed by atoms with Crippen molar-refractivity contribution in [1.29, 1.82) is 0 Å². The molecule has 0 radical (unpaired) electrons. The third kappa shape index (κ3) is 1.62. The molecule has 0 aliphatic heterocycles. The molecular weight excluding hydrogens is 162 g/mol. The van der Waals surface area contributed by atoms with Gasteiger partial charge in [-0.05, 0) is 26.7 Å². The molecule has 3 nitrogen and oxygen atoms in total. The van der Waals surface area contributed by atoms with E-state index in [4.69, 9.17) is 5.14 Å². The minimum absolute atomic E-state index is 0.678. The van der Waals surface area contributed by atoms with Crippen molar-refractivity contribution in [1.82, 2.24) is 0 Å². The maximum atomic E-state index is 11.0. The smallest absolute Gasteiger partial charge is 0.218 e. The Morgan fingerprint density at radius 3 is 2.00 bits per heavy atom. The molecular formula is C7H13NO2S. The normalized spacial score (nSPS) is 21.0. The van der Waals surface area contributed by atoms with E-state index in [9.17, 15) is 8.42 Å². The SMILES string of the molecule is CC(C)=CC1(S(N)(=O)=O)CC1. The zero-order valence-electron chi connectivity index (χ0n) is 6.79.